The molecule has 5 rings (SSSR count). The molecule has 0 aliphatic carbocycles. The van der Waals surface area contributed by atoms with E-state index in [-0.39, 0.29) is 11.7 Å². The van der Waals surface area contributed by atoms with Crippen LogP contribution in [0.5, 0.6) is 11.5 Å². The Morgan fingerprint density at radius 1 is 0.905 bits per heavy atom. The van der Waals surface area contributed by atoms with E-state index in [4.69, 9.17) is 21.1 Å². The minimum atomic E-state index is -0.555. The summed E-state index contributed by atoms with van der Waals surface area (Å²) < 4.78 is 12.3. The number of hydrogen-bond donors (Lipinski definition) is 2. The summed E-state index contributed by atoms with van der Waals surface area (Å²) >= 11 is 11.1. The third-order valence-corrected chi connectivity index (χ3v) is 8.18. The van der Waals surface area contributed by atoms with Gasteiger partial charge in [0.15, 0.2) is 0 Å². The van der Waals surface area contributed by atoms with E-state index in [0.717, 1.165) is 14.6 Å². The second-order valence-corrected chi connectivity index (χ2v) is 11.1. The number of methoxy groups -OCH3 is 1. The molecule has 1 aromatic heterocycles. The Bertz CT molecular complexity index is 1820. The van der Waals surface area contributed by atoms with Gasteiger partial charge in [-0.2, -0.15) is 5.10 Å². The second-order valence-electron chi connectivity index (χ2n) is 8.77. The Morgan fingerprint density at radius 3 is 2.33 bits per heavy atom. The maximum Gasteiger partial charge on any atom is 0.343 e. The smallest absolute Gasteiger partial charge is 0.343 e. The van der Waals surface area contributed by atoms with Crippen molar-refractivity contribution in [1.29, 1.82) is 0 Å². The number of carbonyl (C=O) groups excluding carboxylic acids is 3. The van der Waals surface area contributed by atoms with Crippen LogP contribution >= 0.6 is 38.9 Å². The van der Waals surface area contributed by atoms with Gasteiger partial charge in [0.05, 0.1) is 23.9 Å². The van der Waals surface area contributed by atoms with E-state index in [2.05, 4.69) is 31.8 Å². The van der Waals surface area contributed by atoms with Crippen molar-refractivity contribution in [2.24, 2.45) is 5.10 Å². The van der Waals surface area contributed by atoms with Crippen LogP contribution in [0.25, 0.3) is 10.1 Å². The molecule has 210 valence electrons. The van der Waals surface area contributed by atoms with Gasteiger partial charge in [0, 0.05) is 31.4 Å². The van der Waals surface area contributed by atoms with Crippen molar-refractivity contribution in [2.75, 3.05) is 12.4 Å². The summed E-state index contributed by atoms with van der Waals surface area (Å²) in [7, 11) is 1.54. The fraction of sp³-hybridized carbons (Fsp3) is 0.0323. The number of anilines is 1. The number of carbonyl (C=O) groups is 3. The number of hydrogen-bond acceptors (Lipinski definition) is 7. The largest absolute Gasteiger partial charge is 0.497 e. The molecule has 11 heteroatoms. The average Bonchev–Trinajstić information content (AvgIpc) is 3.35. The van der Waals surface area contributed by atoms with Gasteiger partial charge >= 0.3 is 5.97 Å². The maximum atomic E-state index is 12.8. The summed E-state index contributed by atoms with van der Waals surface area (Å²) in [6.07, 6.45) is 1.38. The van der Waals surface area contributed by atoms with E-state index < -0.39 is 11.9 Å². The zero-order chi connectivity index (χ0) is 29.6. The first-order valence-corrected chi connectivity index (χ1v) is 14.4. The molecule has 0 aliphatic heterocycles. The molecule has 4 aromatic carbocycles. The van der Waals surface area contributed by atoms with Crippen LogP contribution in [0, 0.1) is 0 Å². The molecule has 0 bridgehead atoms. The lowest BCUT2D eigenvalue weighted by molar-refractivity contribution is 0.0733. The van der Waals surface area contributed by atoms with E-state index in [0.29, 0.717) is 38.0 Å². The van der Waals surface area contributed by atoms with Crippen molar-refractivity contribution >= 4 is 78.6 Å². The van der Waals surface area contributed by atoms with Crippen LogP contribution in [0.4, 0.5) is 5.69 Å². The third kappa shape index (κ3) is 6.68. The number of hydrazone groups is 1. The molecular formula is C31H21BrClN3O5S. The van der Waals surface area contributed by atoms with Gasteiger partial charge in [-0.1, -0.05) is 45.7 Å². The second kappa shape index (κ2) is 13.0. The molecule has 0 radical (unpaired) electrons. The number of ether oxygens (including phenoxy) is 2. The fourth-order valence-corrected chi connectivity index (χ4v) is 5.67. The van der Waals surface area contributed by atoms with Gasteiger partial charge in [-0.25, -0.2) is 10.2 Å². The third-order valence-electron chi connectivity index (χ3n) is 6.02. The highest BCUT2D eigenvalue weighted by molar-refractivity contribution is 9.10. The lowest BCUT2D eigenvalue weighted by Gasteiger charge is -2.09. The van der Waals surface area contributed by atoms with Crippen molar-refractivity contribution in [3.05, 3.63) is 122 Å². The van der Waals surface area contributed by atoms with Gasteiger partial charge in [-0.05, 0) is 72.8 Å². The minimum Gasteiger partial charge on any atom is -0.497 e. The number of amides is 2. The van der Waals surface area contributed by atoms with Crippen LogP contribution in [0.2, 0.25) is 5.02 Å². The zero-order valence-corrected chi connectivity index (χ0v) is 25.0. The molecule has 0 saturated heterocycles. The summed E-state index contributed by atoms with van der Waals surface area (Å²) in [6, 6.07) is 25.5. The first kappa shape index (κ1) is 29.0. The Kier molecular flexibility index (Phi) is 8.97. The number of nitrogens with one attached hydrogen (secondary N) is 2. The SMILES string of the molecule is COc1ccc(C(=O)Oc2ccc(Br)cc2/C=N\NC(=O)c2ccc(NC(=O)c3sc4ccccc4c3Cl)cc2)cc1. The Hall–Kier alpha value is -4.51. The molecular weight excluding hydrogens is 642 g/mol. The number of halogens is 2. The first-order chi connectivity index (χ1) is 20.3. The van der Waals surface area contributed by atoms with E-state index in [1.807, 2.05) is 24.3 Å². The van der Waals surface area contributed by atoms with Crippen molar-refractivity contribution in [3.63, 3.8) is 0 Å². The summed E-state index contributed by atoms with van der Waals surface area (Å²) in [5, 5.41) is 8.07. The van der Waals surface area contributed by atoms with Gasteiger partial charge in [0.25, 0.3) is 11.8 Å². The summed E-state index contributed by atoms with van der Waals surface area (Å²) in [5.74, 6) is -0.476. The van der Waals surface area contributed by atoms with Crippen molar-refractivity contribution < 1.29 is 23.9 Å². The summed E-state index contributed by atoms with van der Waals surface area (Å²) in [6.45, 7) is 0. The van der Waals surface area contributed by atoms with Crippen molar-refractivity contribution in [2.45, 2.75) is 0 Å². The number of esters is 1. The molecule has 2 amide bonds. The first-order valence-electron chi connectivity index (χ1n) is 12.4. The molecule has 8 nitrogen and oxygen atoms in total. The number of rotatable bonds is 8. The highest BCUT2D eigenvalue weighted by Crippen LogP contribution is 2.35. The molecule has 1 heterocycles. The van der Waals surface area contributed by atoms with E-state index >= 15 is 0 Å². The van der Waals surface area contributed by atoms with E-state index in [1.165, 1.54) is 17.6 Å². The van der Waals surface area contributed by atoms with Gasteiger partial charge < -0.3 is 14.8 Å². The monoisotopic (exact) mass is 661 g/mol. The van der Waals surface area contributed by atoms with E-state index in [1.54, 1.807) is 73.8 Å². The minimum absolute atomic E-state index is 0.260. The van der Waals surface area contributed by atoms with Crippen LogP contribution in [-0.2, 0) is 0 Å². The molecule has 0 saturated carbocycles. The lowest BCUT2D eigenvalue weighted by atomic mass is 10.2. The van der Waals surface area contributed by atoms with Gasteiger partial charge in [-0.3, -0.25) is 9.59 Å². The van der Waals surface area contributed by atoms with Crippen LogP contribution in [0.15, 0.2) is 101 Å². The Balaban J connectivity index is 1.21. The van der Waals surface area contributed by atoms with Gasteiger partial charge in [0.1, 0.15) is 16.4 Å². The number of fused-ring (bicyclic) bond motifs is 1. The number of benzene rings is 4. The van der Waals surface area contributed by atoms with Gasteiger partial charge in [-0.15, -0.1) is 11.3 Å². The highest BCUT2D eigenvalue weighted by atomic mass is 79.9. The van der Waals surface area contributed by atoms with Crippen LogP contribution in [-0.4, -0.2) is 31.1 Å². The molecule has 0 aliphatic rings. The Morgan fingerprint density at radius 2 is 1.62 bits per heavy atom. The van der Waals surface area contributed by atoms with Crippen LogP contribution in [0.1, 0.15) is 36.0 Å². The van der Waals surface area contributed by atoms with Crippen LogP contribution < -0.4 is 20.2 Å². The predicted octanol–water partition coefficient (Wildman–Crippen LogP) is 7.56. The topological polar surface area (TPSA) is 106 Å². The molecule has 0 spiro atoms. The van der Waals surface area contributed by atoms with Crippen molar-refractivity contribution in [3.8, 4) is 11.5 Å². The lowest BCUT2D eigenvalue weighted by Crippen LogP contribution is -2.18. The van der Waals surface area contributed by atoms with Crippen LogP contribution in [0.3, 0.4) is 0 Å². The Labute approximate surface area is 258 Å². The molecule has 42 heavy (non-hydrogen) atoms. The molecule has 5 aromatic rings. The standard InChI is InChI=1S/C31H21BrClN3O5S/c1-40-23-13-8-19(9-14-23)31(39)41-25-15-10-21(32)16-20(25)17-34-36-29(37)18-6-11-22(12-7-18)35-30(38)28-27(33)24-4-2-3-5-26(24)42-28/h2-17H,1H3,(H,35,38)(H,36,37)/b34-17-. The summed E-state index contributed by atoms with van der Waals surface area (Å²) in [5.41, 5.74) is 4.10. The molecule has 0 fully saturated rings. The zero-order valence-electron chi connectivity index (χ0n) is 21.9. The molecule has 0 atom stereocenters. The van der Waals surface area contributed by atoms with Gasteiger partial charge in [0.2, 0.25) is 0 Å². The number of nitrogens with zero attached hydrogens (tertiary/aromatic N) is 1. The quantitative estimate of drug-likeness (QED) is 0.0772. The average molecular weight is 663 g/mol. The predicted molar refractivity (Wildman–Crippen MR) is 168 cm³/mol. The van der Waals surface area contributed by atoms with E-state index in [9.17, 15) is 14.4 Å². The number of thiophene rings is 1. The summed E-state index contributed by atoms with van der Waals surface area (Å²) in [4.78, 5) is 38.5. The van der Waals surface area contributed by atoms with Crippen molar-refractivity contribution in [1.82, 2.24) is 5.43 Å². The maximum absolute atomic E-state index is 12.8. The molecule has 0 unspecified atom stereocenters. The normalized spacial score (nSPS) is 10.9. The highest BCUT2D eigenvalue weighted by Gasteiger charge is 2.17. The molecule has 2 N–H and O–H groups in total. The fourth-order valence-electron chi connectivity index (χ4n) is 3.88.